The molecule has 2 N–H and O–H groups in total. The van der Waals surface area contributed by atoms with Crippen LogP contribution >= 0.6 is 11.6 Å². The van der Waals surface area contributed by atoms with Crippen molar-refractivity contribution in [3.05, 3.63) is 52.3 Å². The third kappa shape index (κ3) is 3.45. The van der Waals surface area contributed by atoms with Crippen molar-refractivity contribution in [2.75, 3.05) is 31.6 Å². The molecule has 3 aliphatic rings. The lowest BCUT2D eigenvalue weighted by molar-refractivity contribution is -0.118. The third-order valence-corrected chi connectivity index (χ3v) is 5.44. The second-order valence-corrected chi connectivity index (χ2v) is 7.79. The summed E-state index contributed by atoms with van der Waals surface area (Å²) in [4.78, 5) is 31.0. The van der Waals surface area contributed by atoms with E-state index in [0.29, 0.717) is 36.2 Å². The number of nitrogens with zero attached hydrogens (tertiary/aromatic N) is 1. The Hall–Kier alpha value is -2.88. The van der Waals surface area contributed by atoms with Crippen LogP contribution in [0.1, 0.15) is 22.1 Å². The first kappa shape index (κ1) is 19.1. The van der Waals surface area contributed by atoms with Crippen LogP contribution in [-0.4, -0.2) is 43.0 Å². The van der Waals surface area contributed by atoms with Gasteiger partial charge in [0.2, 0.25) is 0 Å². The maximum atomic E-state index is 14.4. The highest BCUT2D eigenvalue weighted by Crippen LogP contribution is 2.35. The summed E-state index contributed by atoms with van der Waals surface area (Å²) in [6, 6.07) is 7.71. The molecule has 0 aliphatic carbocycles. The number of rotatable bonds is 4. The number of hydrogen-bond donors (Lipinski definition) is 2. The van der Waals surface area contributed by atoms with Crippen LogP contribution < -0.4 is 20.4 Å². The number of carbonyl (C=O) groups is 2. The number of anilines is 1. The third-order valence-electron chi connectivity index (χ3n) is 5.21. The zero-order valence-corrected chi connectivity index (χ0v) is 16.4. The summed E-state index contributed by atoms with van der Waals surface area (Å²) in [5.41, 5.74) is 3.80. The first-order chi connectivity index (χ1) is 14.5. The number of halogens is 2. The fraction of sp³-hybridized carbons (Fsp3) is 0.300. The summed E-state index contributed by atoms with van der Waals surface area (Å²) in [5.74, 6) is -0.482. The van der Waals surface area contributed by atoms with E-state index in [9.17, 15) is 14.0 Å². The predicted molar refractivity (Wildman–Crippen MR) is 104 cm³/mol. The number of ether oxygens (including phenoxy) is 2. The monoisotopic (exact) mass is 433 g/mol. The number of hydroxylamine groups is 1. The topological polar surface area (TPSA) is 89.1 Å². The smallest absolute Gasteiger partial charge is 0.262 e. The van der Waals surface area contributed by atoms with Crippen LogP contribution in [0.25, 0.3) is 0 Å². The molecule has 2 aromatic carbocycles. The highest BCUT2D eigenvalue weighted by atomic mass is 35.5. The van der Waals surface area contributed by atoms with Crippen molar-refractivity contribution >= 4 is 29.1 Å². The molecule has 0 spiro atoms. The standard InChI is InChI=1S/C20H17ClFN3O5/c21-11-1-2-16-13(3-11)19(24-30-16)29-8-10-6-25(7-10)20(27)12-4-15-17(5-14(12)22)28-9-18(26)23-15/h1-5,10,19,24H,6-9H2,(H,23,26). The minimum atomic E-state index is -0.685. The molecule has 0 radical (unpaired) electrons. The number of nitrogens with one attached hydrogen (secondary N) is 2. The summed E-state index contributed by atoms with van der Waals surface area (Å²) in [6.07, 6.45) is -0.440. The largest absolute Gasteiger partial charge is 0.481 e. The lowest BCUT2D eigenvalue weighted by atomic mass is 9.99. The Morgan fingerprint density at radius 1 is 1.27 bits per heavy atom. The molecule has 3 aliphatic heterocycles. The van der Waals surface area contributed by atoms with E-state index in [1.165, 1.54) is 11.0 Å². The lowest BCUT2D eigenvalue weighted by Gasteiger charge is -2.39. The lowest BCUT2D eigenvalue weighted by Crippen LogP contribution is -2.52. The summed E-state index contributed by atoms with van der Waals surface area (Å²) in [7, 11) is 0. The summed E-state index contributed by atoms with van der Waals surface area (Å²) >= 11 is 6.02. The quantitative estimate of drug-likeness (QED) is 0.770. The Morgan fingerprint density at radius 2 is 2.10 bits per heavy atom. The summed E-state index contributed by atoms with van der Waals surface area (Å²) < 4.78 is 25.4. The van der Waals surface area contributed by atoms with Gasteiger partial charge in [0.1, 0.15) is 11.6 Å². The van der Waals surface area contributed by atoms with Gasteiger partial charge < -0.3 is 24.5 Å². The molecule has 8 nitrogen and oxygen atoms in total. The highest BCUT2D eigenvalue weighted by Gasteiger charge is 2.35. The zero-order chi connectivity index (χ0) is 20.8. The van der Waals surface area contributed by atoms with Crippen molar-refractivity contribution in [2.24, 2.45) is 5.92 Å². The SMILES string of the molecule is O=C1COc2cc(F)c(C(=O)N3CC(COC4NOc5ccc(Cl)cc54)C3)cc2N1. The Kier molecular flexibility index (Phi) is 4.73. The molecule has 2 aromatic rings. The van der Waals surface area contributed by atoms with Gasteiger partial charge in [-0.15, -0.1) is 5.48 Å². The molecule has 0 aromatic heterocycles. The van der Waals surface area contributed by atoms with Crippen LogP contribution in [0.3, 0.4) is 0 Å². The number of fused-ring (bicyclic) bond motifs is 2. The van der Waals surface area contributed by atoms with Gasteiger partial charge in [-0.3, -0.25) is 9.59 Å². The fourth-order valence-electron chi connectivity index (χ4n) is 3.63. The van der Waals surface area contributed by atoms with E-state index in [4.69, 9.17) is 25.9 Å². The molecule has 1 fully saturated rings. The van der Waals surface area contributed by atoms with Crippen LogP contribution in [0.4, 0.5) is 10.1 Å². The molecular formula is C20H17ClFN3O5. The zero-order valence-electron chi connectivity index (χ0n) is 15.6. The van der Waals surface area contributed by atoms with Gasteiger partial charge in [-0.2, -0.15) is 0 Å². The van der Waals surface area contributed by atoms with E-state index in [1.807, 2.05) is 0 Å². The van der Waals surface area contributed by atoms with Crippen LogP contribution in [0.5, 0.6) is 11.5 Å². The minimum absolute atomic E-state index is 0.103. The molecule has 2 amide bonds. The van der Waals surface area contributed by atoms with Gasteiger partial charge in [0.15, 0.2) is 18.6 Å². The van der Waals surface area contributed by atoms with Gasteiger partial charge in [0, 0.05) is 35.7 Å². The van der Waals surface area contributed by atoms with Crippen molar-refractivity contribution in [1.82, 2.24) is 10.4 Å². The number of hydrogen-bond acceptors (Lipinski definition) is 6. The second-order valence-electron chi connectivity index (χ2n) is 7.36. The molecule has 1 saturated heterocycles. The van der Waals surface area contributed by atoms with E-state index in [0.717, 1.165) is 11.6 Å². The molecule has 5 rings (SSSR count). The Labute approximate surface area is 175 Å². The van der Waals surface area contributed by atoms with E-state index in [2.05, 4.69) is 10.8 Å². The van der Waals surface area contributed by atoms with Gasteiger partial charge in [-0.25, -0.2) is 4.39 Å². The first-order valence-corrected chi connectivity index (χ1v) is 9.74. The van der Waals surface area contributed by atoms with E-state index in [1.54, 1.807) is 18.2 Å². The second kappa shape index (κ2) is 7.42. The molecule has 0 bridgehead atoms. The number of likely N-dealkylation sites (tertiary alicyclic amines) is 1. The fourth-order valence-corrected chi connectivity index (χ4v) is 3.81. The van der Waals surface area contributed by atoms with Gasteiger partial charge in [-0.05, 0) is 24.3 Å². The molecule has 1 unspecified atom stereocenters. The van der Waals surface area contributed by atoms with Gasteiger partial charge in [0.25, 0.3) is 11.8 Å². The Balaban J connectivity index is 1.18. The normalized spacial score (nSPS) is 19.9. The molecule has 10 heteroatoms. The number of benzene rings is 2. The maximum Gasteiger partial charge on any atom is 0.262 e. The van der Waals surface area contributed by atoms with Gasteiger partial charge in [0.05, 0.1) is 17.9 Å². The Morgan fingerprint density at radius 3 is 2.93 bits per heavy atom. The van der Waals surface area contributed by atoms with Crippen LogP contribution in [0.15, 0.2) is 30.3 Å². The summed E-state index contributed by atoms with van der Waals surface area (Å²) in [6.45, 7) is 1.10. The summed E-state index contributed by atoms with van der Waals surface area (Å²) in [5, 5.41) is 3.17. The van der Waals surface area contributed by atoms with Crippen LogP contribution in [0, 0.1) is 11.7 Å². The van der Waals surface area contributed by atoms with Gasteiger partial charge >= 0.3 is 0 Å². The highest BCUT2D eigenvalue weighted by molar-refractivity contribution is 6.30. The molecule has 156 valence electrons. The van der Waals surface area contributed by atoms with Crippen molar-refractivity contribution < 1.29 is 28.3 Å². The number of carbonyl (C=O) groups excluding carboxylic acids is 2. The first-order valence-electron chi connectivity index (χ1n) is 9.37. The molecule has 0 saturated carbocycles. The average Bonchev–Trinajstić information content (AvgIpc) is 3.08. The van der Waals surface area contributed by atoms with E-state index >= 15 is 0 Å². The van der Waals surface area contributed by atoms with Gasteiger partial charge in [-0.1, -0.05) is 11.6 Å². The minimum Gasteiger partial charge on any atom is -0.481 e. The maximum absolute atomic E-state index is 14.4. The van der Waals surface area contributed by atoms with E-state index < -0.39 is 18.0 Å². The average molecular weight is 434 g/mol. The van der Waals surface area contributed by atoms with Crippen LogP contribution in [-0.2, 0) is 9.53 Å². The van der Waals surface area contributed by atoms with E-state index in [-0.39, 0.29) is 29.7 Å². The van der Waals surface area contributed by atoms with Crippen molar-refractivity contribution in [2.45, 2.75) is 6.23 Å². The van der Waals surface area contributed by atoms with Crippen molar-refractivity contribution in [1.29, 1.82) is 0 Å². The molecule has 3 heterocycles. The van der Waals surface area contributed by atoms with Crippen molar-refractivity contribution in [3.63, 3.8) is 0 Å². The van der Waals surface area contributed by atoms with Crippen LogP contribution in [0.2, 0.25) is 5.02 Å². The molecule has 1 atom stereocenters. The molecular weight excluding hydrogens is 417 g/mol. The Bertz CT molecular complexity index is 1040. The molecule has 30 heavy (non-hydrogen) atoms. The number of amides is 2. The predicted octanol–water partition coefficient (Wildman–Crippen LogP) is 2.49. The van der Waals surface area contributed by atoms with Crippen molar-refractivity contribution in [3.8, 4) is 11.5 Å².